The first-order valence-electron chi connectivity index (χ1n) is 6.27. The van der Waals surface area contributed by atoms with Gasteiger partial charge in [-0.2, -0.15) is 0 Å². The van der Waals surface area contributed by atoms with Crippen LogP contribution < -0.4 is 5.32 Å². The third kappa shape index (κ3) is 3.79. The largest absolute Gasteiger partial charge is 0.313 e. The van der Waals surface area contributed by atoms with Gasteiger partial charge in [0.15, 0.2) is 0 Å². The van der Waals surface area contributed by atoms with Crippen LogP contribution in [-0.2, 0) is 6.42 Å². The highest BCUT2D eigenvalue weighted by molar-refractivity contribution is 6.30. The van der Waals surface area contributed by atoms with Crippen LogP contribution in [0.1, 0.15) is 22.7 Å². The zero-order valence-corrected chi connectivity index (χ0v) is 11.8. The molecule has 2 aromatic rings. The van der Waals surface area contributed by atoms with Crippen molar-refractivity contribution in [3.63, 3.8) is 0 Å². The number of benzene rings is 2. The van der Waals surface area contributed by atoms with E-state index in [1.54, 1.807) is 0 Å². The lowest BCUT2D eigenvalue weighted by atomic mass is 9.98. The summed E-state index contributed by atoms with van der Waals surface area (Å²) in [4.78, 5) is 0. The Morgan fingerprint density at radius 2 is 1.84 bits per heavy atom. The molecule has 19 heavy (non-hydrogen) atoms. The predicted octanol–water partition coefficient (Wildman–Crippen LogP) is 4.29. The average Bonchev–Trinajstić information content (AvgIpc) is 2.37. The summed E-state index contributed by atoms with van der Waals surface area (Å²) in [5.74, 6) is -0.205. The molecule has 1 nitrogen and oxygen atoms in total. The lowest BCUT2D eigenvalue weighted by Gasteiger charge is -2.18. The van der Waals surface area contributed by atoms with Crippen molar-refractivity contribution in [1.82, 2.24) is 5.32 Å². The summed E-state index contributed by atoms with van der Waals surface area (Å²) in [6.45, 7) is 2.03. The maximum atomic E-state index is 12.9. The molecule has 1 atom stereocenters. The minimum absolute atomic E-state index is 0.169. The van der Waals surface area contributed by atoms with Gasteiger partial charge in [0.1, 0.15) is 5.82 Å². The van der Waals surface area contributed by atoms with Crippen LogP contribution in [-0.4, -0.2) is 7.05 Å². The molecule has 2 rings (SSSR count). The van der Waals surface area contributed by atoms with Gasteiger partial charge in [-0.3, -0.25) is 0 Å². The second kappa shape index (κ2) is 6.18. The molecule has 0 aromatic heterocycles. The van der Waals surface area contributed by atoms with Crippen molar-refractivity contribution in [2.24, 2.45) is 0 Å². The van der Waals surface area contributed by atoms with Gasteiger partial charge in [-0.25, -0.2) is 4.39 Å². The Kier molecular flexibility index (Phi) is 4.56. The van der Waals surface area contributed by atoms with E-state index >= 15 is 0 Å². The Morgan fingerprint density at radius 3 is 2.42 bits per heavy atom. The first-order chi connectivity index (χ1) is 9.08. The summed E-state index contributed by atoms with van der Waals surface area (Å²) < 4.78 is 12.9. The summed E-state index contributed by atoms with van der Waals surface area (Å²) in [6, 6.07) is 12.8. The summed E-state index contributed by atoms with van der Waals surface area (Å²) in [5.41, 5.74) is 3.39. The van der Waals surface area contributed by atoms with Gasteiger partial charge >= 0.3 is 0 Å². The van der Waals surface area contributed by atoms with Crippen molar-refractivity contribution in [2.75, 3.05) is 7.05 Å². The lowest BCUT2D eigenvalue weighted by molar-refractivity contribution is 0.588. The number of rotatable bonds is 4. The van der Waals surface area contributed by atoms with Crippen LogP contribution in [0.2, 0.25) is 5.02 Å². The number of nitrogens with one attached hydrogen (secondary N) is 1. The zero-order chi connectivity index (χ0) is 13.8. The van der Waals surface area contributed by atoms with E-state index in [2.05, 4.69) is 11.4 Å². The molecule has 3 heteroatoms. The molecule has 0 heterocycles. The first kappa shape index (κ1) is 14.0. The summed E-state index contributed by atoms with van der Waals surface area (Å²) in [6.07, 6.45) is 0.802. The number of hydrogen-bond donors (Lipinski definition) is 1. The highest BCUT2D eigenvalue weighted by Crippen LogP contribution is 2.23. The van der Waals surface area contributed by atoms with Gasteiger partial charge in [0, 0.05) is 11.1 Å². The van der Waals surface area contributed by atoms with Crippen molar-refractivity contribution in [1.29, 1.82) is 0 Å². The molecule has 0 amide bonds. The van der Waals surface area contributed by atoms with Gasteiger partial charge in [0.25, 0.3) is 0 Å². The highest BCUT2D eigenvalue weighted by atomic mass is 35.5. The van der Waals surface area contributed by atoms with Crippen molar-refractivity contribution in [2.45, 2.75) is 19.4 Å². The van der Waals surface area contributed by atoms with Crippen LogP contribution in [0.5, 0.6) is 0 Å². The average molecular weight is 278 g/mol. The van der Waals surface area contributed by atoms with E-state index < -0.39 is 0 Å². The summed E-state index contributed by atoms with van der Waals surface area (Å²) in [7, 11) is 1.92. The molecule has 0 spiro atoms. The molecule has 0 radical (unpaired) electrons. The summed E-state index contributed by atoms with van der Waals surface area (Å²) >= 11 is 6.10. The minimum Gasteiger partial charge on any atom is -0.313 e. The Bertz CT molecular complexity index is 531. The standard InChI is InChI=1S/C16H17ClFN/c1-11-7-13(10-14(17)8-11)16(19-2)9-12-3-5-15(18)6-4-12/h3-8,10,16,19H,9H2,1-2H3. The second-order valence-corrected chi connectivity index (χ2v) is 5.17. The molecule has 0 fully saturated rings. The van der Waals surface area contributed by atoms with Crippen molar-refractivity contribution < 1.29 is 4.39 Å². The first-order valence-corrected chi connectivity index (χ1v) is 6.65. The molecular weight excluding hydrogens is 261 g/mol. The molecule has 0 bridgehead atoms. The fourth-order valence-electron chi connectivity index (χ4n) is 2.21. The van der Waals surface area contributed by atoms with Gasteiger partial charge in [-0.05, 0) is 61.3 Å². The Balaban J connectivity index is 2.22. The number of aryl methyl sites for hydroxylation is 1. The zero-order valence-electron chi connectivity index (χ0n) is 11.1. The van der Waals surface area contributed by atoms with E-state index in [9.17, 15) is 4.39 Å². The van der Waals surface area contributed by atoms with E-state index in [-0.39, 0.29) is 11.9 Å². The molecule has 100 valence electrons. The molecule has 1 N–H and O–H groups in total. The molecule has 0 saturated carbocycles. The van der Waals surface area contributed by atoms with Crippen molar-refractivity contribution in [3.05, 3.63) is 70.0 Å². The van der Waals surface area contributed by atoms with Gasteiger partial charge in [0.2, 0.25) is 0 Å². The number of hydrogen-bond acceptors (Lipinski definition) is 1. The lowest BCUT2D eigenvalue weighted by Crippen LogP contribution is -2.19. The third-order valence-electron chi connectivity index (χ3n) is 3.17. The van der Waals surface area contributed by atoms with E-state index in [1.807, 2.05) is 38.2 Å². The molecule has 0 aliphatic heterocycles. The van der Waals surface area contributed by atoms with Crippen molar-refractivity contribution >= 4 is 11.6 Å². The number of halogens is 2. The molecule has 2 aromatic carbocycles. The molecule has 0 aliphatic carbocycles. The van der Waals surface area contributed by atoms with E-state index in [0.29, 0.717) is 0 Å². The quantitative estimate of drug-likeness (QED) is 0.879. The molecule has 0 aliphatic rings. The number of likely N-dealkylation sites (N-methyl/N-ethyl adjacent to an activating group) is 1. The van der Waals surface area contributed by atoms with E-state index in [4.69, 9.17) is 11.6 Å². The van der Waals surface area contributed by atoms with E-state index in [1.165, 1.54) is 12.1 Å². The van der Waals surface area contributed by atoms with Crippen LogP contribution >= 0.6 is 11.6 Å². The minimum atomic E-state index is -0.205. The molecule has 0 saturated heterocycles. The van der Waals surface area contributed by atoms with Crippen LogP contribution in [0, 0.1) is 12.7 Å². The third-order valence-corrected chi connectivity index (χ3v) is 3.39. The Hall–Kier alpha value is -1.38. The topological polar surface area (TPSA) is 12.0 Å². The highest BCUT2D eigenvalue weighted by Gasteiger charge is 2.11. The SMILES string of the molecule is CNC(Cc1ccc(F)cc1)c1cc(C)cc(Cl)c1. The normalized spacial score (nSPS) is 12.4. The van der Waals surface area contributed by atoms with E-state index in [0.717, 1.165) is 28.1 Å². The molecular formula is C16H17ClFN. The van der Waals surface area contributed by atoms with Crippen LogP contribution in [0.4, 0.5) is 4.39 Å². The summed E-state index contributed by atoms with van der Waals surface area (Å²) in [5, 5.41) is 4.03. The van der Waals surface area contributed by atoms with Crippen LogP contribution in [0.25, 0.3) is 0 Å². The maximum absolute atomic E-state index is 12.9. The Morgan fingerprint density at radius 1 is 1.16 bits per heavy atom. The monoisotopic (exact) mass is 277 g/mol. The van der Waals surface area contributed by atoms with Gasteiger partial charge < -0.3 is 5.32 Å². The van der Waals surface area contributed by atoms with Gasteiger partial charge in [0.05, 0.1) is 0 Å². The van der Waals surface area contributed by atoms with Gasteiger partial charge in [-0.15, -0.1) is 0 Å². The van der Waals surface area contributed by atoms with Crippen molar-refractivity contribution in [3.8, 4) is 0 Å². The smallest absolute Gasteiger partial charge is 0.123 e. The van der Waals surface area contributed by atoms with Crippen LogP contribution in [0.15, 0.2) is 42.5 Å². The predicted molar refractivity (Wildman–Crippen MR) is 78.1 cm³/mol. The maximum Gasteiger partial charge on any atom is 0.123 e. The Labute approximate surface area is 118 Å². The van der Waals surface area contributed by atoms with Gasteiger partial charge in [-0.1, -0.05) is 29.8 Å². The van der Waals surface area contributed by atoms with Crippen LogP contribution in [0.3, 0.4) is 0 Å². The second-order valence-electron chi connectivity index (χ2n) is 4.73. The fraction of sp³-hybridized carbons (Fsp3) is 0.250. The molecule has 1 unspecified atom stereocenters. The fourth-order valence-corrected chi connectivity index (χ4v) is 2.51.